The van der Waals surface area contributed by atoms with Crippen molar-refractivity contribution in [3.05, 3.63) is 59.4 Å². The molecule has 0 radical (unpaired) electrons. The Morgan fingerprint density at radius 3 is 2.70 bits per heavy atom. The summed E-state index contributed by atoms with van der Waals surface area (Å²) in [7, 11) is 0. The summed E-state index contributed by atoms with van der Waals surface area (Å²) in [5.41, 5.74) is 2.13. The number of thioether (sulfide) groups is 1. The molecule has 0 bridgehead atoms. The predicted molar refractivity (Wildman–Crippen MR) is 106 cm³/mol. The molecule has 2 amide bonds. The molecule has 0 saturated heterocycles. The molecule has 1 heterocycles. The van der Waals surface area contributed by atoms with Gasteiger partial charge >= 0.3 is 0 Å². The Kier molecular flexibility index (Phi) is 6.50. The van der Waals surface area contributed by atoms with E-state index in [0.717, 1.165) is 29.7 Å². The largest absolute Gasteiger partial charge is 0.334 e. The van der Waals surface area contributed by atoms with Gasteiger partial charge in [0.1, 0.15) is 5.82 Å². The second kappa shape index (κ2) is 9.04. The molecule has 0 aromatic heterocycles. The molecule has 4 nitrogen and oxygen atoms in total. The van der Waals surface area contributed by atoms with Crippen LogP contribution in [0, 0.1) is 5.82 Å². The van der Waals surface area contributed by atoms with Crippen LogP contribution in [0.25, 0.3) is 0 Å². The van der Waals surface area contributed by atoms with E-state index < -0.39 is 0 Å². The third-order valence-electron chi connectivity index (χ3n) is 4.46. The number of nitrogens with one attached hydrogen (secondary N) is 1. The molecule has 1 aliphatic heterocycles. The van der Waals surface area contributed by atoms with Crippen molar-refractivity contribution in [2.75, 3.05) is 17.6 Å². The number of rotatable bonds is 7. The van der Waals surface area contributed by atoms with Crippen molar-refractivity contribution in [3.8, 4) is 0 Å². The molecule has 2 aromatic carbocycles. The molecule has 0 fully saturated rings. The van der Waals surface area contributed by atoms with E-state index >= 15 is 0 Å². The number of hydrogen-bond donors (Lipinski definition) is 1. The van der Waals surface area contributed by atoms with E-state index in [0.29, 0.717) is 30.1 Å². The van der Waals surface area contributed by atoms with Gasteiger partial charge in [-0.1, -0.05) is 31.9 Å². The van der Waals surface area contributed by atoms with Gasteiger partial charge in [0.25, 0.3) is 5.91 Å². The van der Waals surface area contributed by atoms with Crippen LogP contribution in [0.3, 0.4) is 0 Å². The quantitative estimate of drug-likeness (QED) is 0.702. The first-order valence-corrected chi connectivity index (χ1v) is 10.2. The van der Waals surface area contributed by atoms with Gasteiger partial charge in [0.05, 0.1) is 11.4 Å². The fourth-order valence-corrected chi connectivity index (χ4v) is 3.80. The van der Waals surface area contributed by atoms with Gasteiger partial charge < -0.3 is 10.2 Å². The van der Waals surface area contributed by atoms with Gasteiger partial charge in [0.2, 0.25) is 5.91 Å². The molecule has 0 saturated carbocycles. The minimum absolute atomic E-state index is 0.0526. The highest BCUT2D eigenvalue weighted by atomic mass is 32.2. The lowest BCUT2D eigenvalue weighted by Gasteiger charge is -2.24. The van der Waals surface area contributed by atoms with E-state index in [1.165, 1.54) is 23.9 Å². The highest BCUT2D eigenvalue weighted by Crippen LogP contribution is 2.32. The second-order valence-electron chi connectivity index (χ2n) is 6.61. The van der Waals surface area contributed by atoms with Gasteiger partial charge in [-0.15, -0.1) is 11.8 Å². The Bertz CT molecular complexity index is 823. The van der Waals surface area contributed by atoms with Gasteiger partial charge in [-0.05, 0) is 42.3 Å². The number of carbonyl (C=O) groups excluding carboxylic acids is 2. The molecule has 6 heteroatoms. The first kappa shape index (κ1) is 19.4. The Labute approximate surface area is 163 Å². The highest BCUT2D eigenvalue weighted by Gasteiger charge is 2.20. The van der Waals surface area contributed by atoms with E-state index in [4.69, 9.17) is 0 Å². The molecule has 0 spiro atoms. The number of anilines is 1. The molecular formula is C21H23FN2O2S. The van der Waals surface area contributed by atoms with Crippen molar-refractivity contribution in [2.24, 2.45) is 0 Å². The van der Waals surface area contributed by atoms with Gasteiger partial charge in [-0.2, -0.15) is 0 Å². The van der Waals surface area contributed by atoms with Crippen LogP contribution in [0.2, 0.25) is 0 Å². The standard InChI is InChI=1S/C21H23FN2O2S/c1-2-3-4-11-24(13-15-5-8-17(22)9-6-15)21(26)16-7-10-19-18(12-16)23-20(25)14-27-19/h5-10,12H,2-4,11,13-14H2,1H3,(H,23,25). The smallest absolute Gasteiger partial charge is 0.254 e. The number of amides is 2. The van der Waals surface area contributed by atoms with Gasteiger partial charge in [0, 0.05) is 23.5 Å². The second-order valence-corrected chi connectivity index (χ2v) is 7.63. The maximum Gasteiger partial charge on any atom is 0.254 e. The fraction of sp³-hybridized carbons (Fsp3) is 0.333. The van der Waals surface area contributed by atoms with Crippen LogP contribution >= 0.6 is 11.8 Å². The zero-order valence-electron chi connectivity index (χ0n) is 15.3. The summed E-state index contributed by atoms with van der Waals surface area (Å²) in [6.07, 6.45) is 3.03. The van der Waals surface area contributed by atoms with E-state index in [2.05, 4.69) is 12.2 Å². The number of fused-ring (bicyclic) bond motifs is 1. The molecule has 0 unspecified atom stereocenters. The summed E-state index contributed by atoms with van der Waals surface area (Å²) < 4.78 is 13.2. The molecule has 27 heavy (non-hydrogen) atoms. The first-order valence-electron chi connectivity index (χ1n) is 9.17. The summed E-state index contributed by atoms with van der Waals surface area (Å²) in [5.74, 6) is -0.0228. The maximum atomic E-state index is 13.2. The zero-order valence-corrected chi connectivity index (χ0v) is 16.2. The van der Waals surface area contributed by atoms with E-state index in [-0.39, 0.29) is 17.6 Å². The molecule has 0 atom stereocenters. The van der Waals surface area contributed by atoms with E-state index in [9.17, 15) is 14.0 Å². The minimum Gasteiger partial charge on any atom is -0.334 e. The average molecular weight is 386 g/mol. The Morgan fingerprint density at radius 1 is 1.19 bits per heavy atom. The Hall–Kier alpha value is -2.34. The number of benzene rings is 2. The van der Waals surface area contributed by atoms with Gasteiger partial charge in [0.15, 0.2) is 0 Å². The van der Waals surface area contributed by atoms with Crippen molar-refractivity contribution in [2.45, 2.75) is 37.6 Å². The first-order chi connectivity index (χ1) is 13.1. The Balaban J connectivity index is 1.80. The predicted octanol–water partition coefficient (Wildman–Crippen LogP) is 4.70. The SMILES string of the molecule is CCCCCN(Cc1ccc(F)cc1)C(=O)c1ccc2c(c1)NC(=O)CS2. The number of nitrogens with zero attached hydrogens (tertiary/aromatic N) is 1. The van der Waals surface area contributed by atoms with Crippen LogP contribution < -0.4 is 5.32 Å². The lowest BCUT2D eigenvalue weighted by molar-refractivity contribution is -0.113. The summed E-state index contributed by atoms with van der Waals surface area (Å²) in [6.45, 7) is 3.19. The number of carbonyl (C=O) groups is 2. The normalized spacial score (nSPS) is 13.0. The number of hydrogen-bond acceptors (Lipinski definition) is 3. The summed E-state index contributed by atoms with van der Waals surface area (Å²) >= 11 is 1.47. The van der Waals surface area contributed by atoms with Crippen molar-refractivity contribution in [1.29, 1.82) is 0 Å². The van der Waals surface area contributed by atoms with Gasteiger partial charge in [-0.3, -0.25) is 9.59 Å². The molecular weight excluding hydrogens is 363 g/mol. The topological polar surface area (TPSA) is 49.4 Å². The fourth-order valence-electron chi connectivity index (χ4n) is 3.01. The Morgan fingerprint density at radius 2 is 1.96 bits per heavy atom. The third-order valence-corrected chi connectivity index (χ3v) is 5.54. The number of halogens is 1. The molecule has 1 aliphatic rings. The van der Waals surface area contributed by atoms with E-state index in [1.807, 2.05) is 12.1 Å². The van der Waals surface area contributed by atoms with Crippen molar-refractivity contribution >= 4 is 29.3 Å². The molecule has 142 valence electrons. The summed E-state index contributed by atoms with van der Waals surface area (Å²) in [5, 5.41) is 2.83. The average Bonchev–Trinajstić information content (AvgIpc) is 2.67. The third kappa shape index (κ3) is 5.10. The van der Waals surface area contributed by atoms with Crippen LogP contribution in [0.4, 0.5) is 10.1 Å². The van der Waals surface area contributed by atoms with E-state index in [1.54, 1.807) is 23.1 Å². The monoisotopic (exact) mass is 386 g/mol. The van der Waals surface area contributed by atoms with Crippen molar-refractivity contribution < 1.29 is 14.0 Å². The lowest BCUT2D eigenvalue weighted by atomic mass is 10.1. The summed E-state index contributed by atoms with van der Waals surface area (Å²) in [4.78, 5) is 27.5. The molecule has 0 aliphatic carbocycles. The van der Waals surface area contributed by atoms with Gasteiger partial charge in [-0.25, -0.2) is 4.39 Å². The van der Waals surface area contributed by atoms with Crippen molar-refractivity contribution in [1.82, 2.24) is 4.90 Å². The van der Waals surface area contributed by atoms with Crippen LogP contribution in [0.15, 0.2) is 47.4 Å². The van der Waals surface area contributed by atoms with Crippen LogP contribution in [-0.2, 0) is 11.3 Å². The number of unbranched alkanes of at least 4 members (excludes halogenated alkanes) is 2. The minimum atomic E-state index is -0.287. The molecule has 3 rings (SSSR count). The zero-order chi connectivity index (χ0) is 19.2. The van der Waals surface area contributed by atoms with Crippen LogP contribution in [0.5, 0.6) is 0 Å². The summed E-state index contributed by atoms with van der Waals surface area (Å²) in [6, 6.07) is 11.7. The van der Waals surface area contributed by atoms with Crippen LogP contribution in [-0.4, -0.2) is 29.0 Å². The lowest BCUT2D eigenvalue weighted by Crippen LogP contribution is -2.32. The highest BCUT2D eigenvalue weighted by molar-refractivity contribution is 8.00. The molecule has 2 aromatic rings. The molecule has 1 N–H and O–H groups in total. The van der Waals surface area contributed by atoms with Crippen molar-refractivity contribution in [3.63, 3.8) is 0 Å². The maximum absolute atomic E-state index is 13.2. The van der Waals surface area contributed by atoms with Crippen LogP contribution in [0.1, 0.15) is 42.1 Å².